The molecule has 2 aromatic heterocycles. The Morgan fingerprint density at radius 2 is 1.78 bits per heavy atom. The second kappa shape index (κ2) is 11.6. The summed E-state index contributed by atoms with van der Waals surface area (Å²) in [5, 5.41) is 4.90. The Kier molecular flexibility index (Phi) is 7.40. The van der Waals surface area contributed by atoms with Gasteiger partial charge in [0.05, 0.1) is 23.0 Å². The number of carbonyl (C=O) groups is 1. The molecule has 3 aliphatic rings. The molecule has 2 heterocycles. The van der Waals surface area contributed by atoms with E-state index in [0.717, 1.165) is 62.3 Å². The number of hydrogen-bond donors (Lipinski definition) is 2. The highest BCUT2D eigenvalue weighted by atomic mass is 32.2. The van der Waals surface area contributed by atoms with Gasteiger partial charge < -0.3 is 10.2 Å². The zero-order valence-electron chi connectivity index (χ0n) is 27.8. The van der Waals surface area contributed by atoms with Crippen LogP contribution in [0.4, 0.5) is 11.4 Å². The third-order valence-corrected chi connectivity index (χ3v) is 11.5. The van der Waals surface area contributed by atoms with Gasteiger partial charge in [0.15, 0.2) is 0 Å². The lowest BCUT2D eigenvalue weighted by Gasteiger charge is -2.34. The fourth-order valence-corrected chi connectivity index (χ4v) is 8.94. The average molecular weight is 674 g/mol. The highest BCUT2D eigenvalue weighted by Gasteiger charge is 2.64. The van der Waals surface area contributed by atoms with Gasteiger partial charge in [0.2, 0.25) is 15.9 Å². The minimum Gasteiger partial charge on any atom is -0.370 e. The fourth-order valence-electron chi connectivity index (χ4n) is 8.37. The van der Waals surface area contributed by atoms with Crippen LogP contribution in [-0.4, -0.2) is 49.8 Å². The summed E-state index contributed by atoms with van der Waals surface area (Å²) >= 11 is 0. The van der Waals surface area contributed by atoms with Gasteiger partial charge in [0.1, 0.15) is 0 Å². The van der Waals surface area contributed by atoms with Crippen LogP contribution in [0.3, 0.4) is 0 Å². The molecule has 0 bridgehead atoms. The number of carbonyl (C=O) groups excluding carboxylic acids is 1. The highest BCUT2D eigenvalue weighted by Crippen LogP contribution is 2.65. The van der Waals surface area contributed by atoms with Crippen LogP contribution in [0, 0.1) is 30.6 Å². The summed E-state index contributed by atoms with van der Waals surface area (Å²) in [7, 11) is -1.44. The van der Waals surface area contributed by atoms with Crippen LogP contribution >= 0.6 is 0 Å². The Balaban J connectivity index is 1.10. The van der Waals surface area contributed by atoms with E-state index in [9.17, 15) is 18.0 Å². The van der Waals surface area contributed by atoms with Crippen molar-refractivity contribution in [3.8, 4) is 16.8 Å². The quantitative estimate of drug-likeness (QED) is 0.146. The third kappa shape index (κ3) is 5.67. The lowest BCUT2D eigenvalue weighted by Crippen LogP contribution is -2.37. The molecule has 0 aliphatic heterocycles. The van der Waals surface area contributed by atoms with Crippen molar-refractivity contribution < 1.29 is 13.2 Å². The SMILES string of the molecule is C=C(CN(C)c1cc(-n2c(=O)ccc3cnc4ccc(-c5ccc(NS(C)(=O)=O)cc5)cc4c32)ccc1C)C(=O)N[C@H]1C2CC3CCC3C21. The maximum Gasteiger partial charge on any atom is 0.255 e. The molecule has 1 amide bonds. The molecule has 5 atom stereocenters. The molecular weight excluding hydrogens is 635 g/mol. The van der Waals surface area contributed by atoms with Gasteiger partial charge in [-0.2, -0.15) is 0 Å². The number of hydrogen-bond acceptors (Lipinski definition) is 6. The van der Waals surface area contributed by atoms with E-state index in [2.05, 4.69) is 21.6 Å². The largest absolute Gasteiger partial charge is 0.370 e. The highest BCUT2D eigenvalue weighted by molar-refractivity contribution is 7.92. The second-order valence-corrected chi connectivity index (χ2v) is 15.9. The van der Waals surface area contributed by atoms with E-state index in [-0.39, 0.29) is 11.5 Å². The molecule has 10 heteroatoms. The molecule has 4 unspecified atom stereocenters. The molecule has 2 N–H and O–H groups in total. The Morgan fingerprint density at radius 1 is 1.00 bits per heavy atom. The zero-order valence-corrected chi connectivity index (χ0v) is 28.6. The maximum atomic E-state index is 13.7. The first-order valence-corrected chi connectivity index (χ1v) is 18.7. The summed E-state index contributed by atoms with van der Waals surface area (Å²) in [6.07, 6.45) is 6.83. The summed E-state index contributed by atoms with van der Waals surface area (Å²) in [4.78, 5) is 33.5. The molecule has 5 aromatic rings. The van der Waals surface area contributed by atoms with E-state index in [1.165, 1.54) is 19.3 Å². The van der Waals surface area contributed by atoms with Crippen molar-refractivity contribution in [1.29, 1.82) is 0 Å². The van der Waals surface area contributed by atoms with Gasteiger partial charge in [-0.1, -0.05) is 30.8 Å². The second-order valence-electron chi connectivity index (χ2n) is 14.2. The zero-order chi connectivity index (χ0) is 34.2. The Hall–Kier alpha value is -4.96. The predicted molar refractivity (Wildman–Crippen MR) is 196 cm³/mol. The third-order valence-electron chi connectivity index (χ3n) is 10.9. The molecule has 49 heavy (non-hydrogen) atoms. The molecule has 3 saturated carbocycles. The van der Waals surface area contributed by atoms with Crippen LogP contribution in [0.1, 0.15) is 24.8 Å². The number of aromatic nitrogens is 2. The van der Waals surface area contributed by atoms with Crippen molar-refractivity contribution in [3.63, 3.8) is 0 Å². The van der Waals surface area contributed by atoms with Gasteiger partial charge in [-0.15, -0.1) is 0 Å². The normalized spacial score (nSPS) is 22.2. The molecular formula is C39H39N5O4S. The number of anilines is 2. The fraction of sp³-hybridized carbons (Fsp3) is 0.308. The minimum atomic E-state index is -3.39. The molecule has 0 spiro atoms. The smallest absolute Gasteiger partial charge is 0.255 e. The van der Waals surface area contributed by atoms with Crippen LogP contribution in [0.5, 0.6) is 0 Å². The molecule has 8 rings (SSSR count). The summed E-state index contributed by atoms with van der Waals surface area (Å²) in [5.41, 5.74) is 6.72. The van der Waals surface area contributed by atoms with Crippen LogP contribution in [0.25, 0.3) is 38.6 Å². The number of nitrogens with one attached hydrogen (secondary N) is 2. The standard InChI is InChI=1S/C39H39N5O4S/c1-22-5-13-29(19-34(22)43(3)21-23(2)39(46)41-37-32-18-26-8-14-30(26)36(32)37)44-35(45)16-10-27-20-40-33-15-9-25(17-31(33)38(27)44)24-6-11-28(12-7-24)42-49(4,47)48/h5-7,9-13,15-17,19-20,26,30,32,36-37,42H,2,8,14,18,21H2,1,3-4H3,(H,41,46)/t26?,30?,32?,36?,37-/m0/s1. The molecule has 0 saturated heterocycles. The number of sulfonamides is 1. The van der Waals surface area contributed by atoms with Crippen molar-refractivity contribution >= 4 is 49.1 Å². The first kappa shape index (κ1) is 31.3. The topological polar surface area (TPSA) is 113 Å². The van der Waals surface area contributed by atoms with Crippen LogP contribution in [0.15, 0.2) is 95.9 Å². The summed E-state index contributed by atoms with van der Waals surface area (Å²) in [6.45, 7) is 6.54. The number of pyridine rings is 2. The van der Waals surface area contributed by atoms with Crippen molar-refractivity contribution in [3.05, 3.63) is 107 Å². The van der Waals surface area contributed by atoms with Gasteiger partial charge in [-0.05, 0) is 109 Å². The molecule has 250 valence electrons. The van der Waals surface area contributed by atoms with E-state index in [4.69, 9.17) is 0 Å². The molecule has 3 aromatic carbocycles. The molecule has 0 radical (unpaired) electrons. The van der Waals surface area contributed by atoms with E-state index >= 15 is 0 Å². The average Bonchev–Trinajstić information content (AvgIpc) is 3.63. The Morgan fingerprint density at radius 3 is 2.49 bits per heavy atom. The molecule has 9 nitrogen and oxygen atoms in total. The molecule has 3 aliphatic carbocycles. The van der Waals surface area contributed by atoms with E-state index < -0.39 is 10.0 Å². The monoisotopic (exact) mass is 673 g/mol. The van der Waals surface area contributed by atoms with Crippen LogP contribution < -0.4 is 20.5 Å². The number of likely N-dealkylation sites (N-methyl/N-ethyl adjacent to an activating group) is 1. The summed E-state index contributed by atoms with van der Waals surface area (Å²) in [6, 6.07) is 22.7. The van der Waals surface area contributed by atoms with Gasteiger partial charge in [0.25, 0.3) is 5.56 Å². The minimum absolute atomic E-state index is 0.0720. The van der Waals surface area contributed by atoms with E-state index in [0.29, 0.717) is 41.4 Å². The molecule has 3 fully saturated rings. The number of amides is 1. The number of rotatable bonds is 9. The van der Waals surface area contributed by atoms with E-state index in [1.807, 2.05) is 67.4 Å². The Bertz CT molecular complexity index is 2350. The summed E-state index contributed by atoms with van der Waals surface area (Å²) in [5.74, 6) is 2.95. The number of fused-ring (bicyclic) bond motifs is 6. The van der Waals surface area contributed by atoms with Gasteiger partial charge in [-0.3, -0.25) is 23.9 Å². The number of benzene rings is 3. The first-order chi connectivity index (χ1) is 23.4. The van der Waals surface area contributed by atoms with Crippen LogP contribution in [0.2, 0.25) is 0 Å². The van der Waals surface area contributed by atoms with Gasteiger partial charge >= 0.3 is 0 Å². The number of nitrogens with zero attached hydrogens (tertiary/aromatic N) is 3. The first-order valence-electron chi connectivity index (χ1n) is 16.8. The van der Waals surface area contributed by atoms with E-state index in [1.54, 1.807) is 35.0 Å². The van der Waals surface area contributed by atoms with Crippen molar-refractivity contribution in [2.45, 2.75) is 32.2 Å². The van der Waals surface area contributed by atoms with Gasteiger partial charge in [-0.25, -0.2) is 8.42 Å². The summed E-state index contributed by atoms with van der Waals surface area (Å²) < 4.78 is 27.6. The maximum absolute atomic E-state index is 13.7. The lowest BCUT2D eigenvalue weighted by atomic mass is 9.73. The predicted octanol–water partition coefficient (Wildman–Crippen LogP) is 6.04. The van der Waals surface area contributed by atoms with Crippen molar-refractivity contribution in [1.82, 2.24) is 14.9 Å². The van der Waals surface area contributed by atoms with Crippen LogP contribution in [-0.2, 0) is 14.8 Å². The number of aryl methyl sites for hydroxylation is 1. The van der Waals surface area contributed by atoms with Crippen molar-refractivity contribution in [2.24, 2.45) is 23.7 Å². The van der Waals surface area contributed by atoms with Gasteiger partial charge in [0, 0.05) is 59.6 Å². The lowest BCUT2D eigenvalue weighted by molar-refractivity contribution is -0.117. The Labute approximate surface area is 285 Å². The van der Waals surface area contributed by atoms with Crippen molar-refractivity contribution in [2.75, 3.05) is 29.5 Å².